The Morgan fingerprint density at radius 3 is 2.65 bits per heavy atom. The number of hydrogen-bond donors (Lipinski definition) is 0. The zero-order valence-electron chi connectivity index (χ0n) is 10.9. The molecular weight excluding hydrogens is 335 g/mol. The molecule has 0 amide bonds. The molecule has 20 heavy (non-hydrogen) atoms. The molecule has 0 saturated carbocycles. The van der Waals surface area contributed by atoms with Crippen LogP contribution in [-0.4, -0.2) is 35.5 Å². The van der Waals surface area contributed by atoms with Crippen molar-refractivity contribution in [1.82, 2.24) is 15.1 Å². The van der Waals surface area contributed by atoms with E-state index >= 15 is 0 Å². The molecule has 0 bridgehead atoms. The Morgan fingerprint density at radius 2 is 2.00 bits per heavy atom. The minimum atomic E-state index is 0.631. The van der Waals surface area contributed by atoms with E-state index in [4.69, 9.17) is 23.2 Å². The standard InChI is InChI=1S/C12H12Cl2N4S2/c1-18(2)7-15-11-16-17-12(20-11)19-6-8-9(13)4-3-5-10(8)14/h3-5,7H,6H2,1-2H3. The number of nitrogens with zero attached hydrogens (tertiary/aromatic N) is 4. The van der Waals surface area contributed by atoms with Crippen LogP contribution in [-0.2, 0) is 5.75 Å². The molecule has 0 unspecified atom stereocenters. The largest absolute Gasteiger partial charge is 0.369 e. The first-order valence-electron chi connectivity index (χ1n) is 5.66. The van der Waals surface area contributed by atoms with Crippen molar-refractivity contribution < 1.29 is 0 Å². The second kappa shape index (κ2) is 7.26. The third-order valence-electron chi connectivity index (χ3n) is 2.20. The summed E-state index contributed by atoms with van der Waals surface area (Å²) in [7, 11) is 3.80. The van der Waals surface area contributed by atoms with Gasteiger partial charge in [0.25, 0.3) is 0 Å². The van der Waals surface area contributed by atoms with Gasteiger partial charge in [-0.25, -0.2) is 4.99 Å². The fourth-order valence-electron chi connectivity index (χ4n) is 1.28. The molecule has 106 valence electrons. The second-order valence-corrected chi connectivity index (χ2v) is 7.04. The molecule has 4 nitrogen and oxygen atoms in total. The highest BCUT2D eigenvalue weighted by Crippen LogP contribution is 2.34. The number of benzene rings is 1. The van der Waals surface area contributed by atoms with Crippen LogP contribution >= 0.6 is 46.3 Å². The third-order valence-corrected chi connectivity index (χ3v) is 4.90. The van der Waals surface area contributed by atoms with E-state index in [2.05, 4.69) is 15.2 Å². The summed E-state index contributed by atoms with van der Waals surface area (Å²) < 4.78 is 0.840. The van der Waals surface area contributed by atoms with Crippen LogP contribution in [0.4, 0.5) is 5.13 Å². The molecule has 0 N–H and O–H groups in total. The summed E-state index contributed by atoms with van der Waals surface area (Å²) in [4.78, 5) is 6.04. The molecule has 0 saturated heterocycles. The summed E-state index contributed by atoms with van der Waals surface area (Å²) in [6.07, 6.45) is 1.69. The Bertz CT molecular complexity index is 593. The number of rotatable bonds is 5. The highest BCUT2D eigenvalue weighted by atomic mass is 35.5. The van der Waals surface area contributed by atoms with Crippen LogP contribution in [0.1, 0.15) is 5.56 Å². The smallest absolute Gasteiger partial charge is 0.233 e. The van der Waals surface area contributed by atoms with Gasteiger partial charge in [0.15, 0.2) is 4.34 Å². The molecule has 8 heteroatoms. The SMILES string of the molecule is CN(C)C=Nc1nnc(SCc2c(Cl)cccc2Cl)s1. The van der Waals surface area contributed by atoms with Gasteiger partial charge in [0, 0.05) is 29.9 Å². The first-order chi connectivity index (χ1) is 9.56. The van der Waals surface area contributed by atoms with Gasteiger partial charge in [-0.05, 0) is 17.7 Å². The summed E-state index contributed by atoms with van der Waals surface area (Å²) in [5, 5.41) is 10.0. The van der Waals surface area contributed by atoms with Crippen molar-refractivity contribution in [2.24, 2.45) is 4.99 Å². The lowest BCUT2D eigenvalue weighted by atomic mass is 10.2. The van der Waals surface area contributed by atoms with Crippen LogP contribution in [0.25, 0.3) is 0 Å². The van der Waals surface area contributed by atoms with Crippen molar-refractivity contribution in [2.45, 2.75) is 10.1 Å². The first-order valence-corrected chi connectivity index (χ1v) is 8.22. The van der Waals surface area contributed by atoms with E-state index in [1.165, 1.54) is 11.3 Å². The Hall–Kier alpha value is -0.820. The maximum absolute atomic E-state index is 6.13. The molecule has 0 aliphatic carbocycles. The molecule has 0 radical (unpaired) electrons. The number of aliphatic imine (C=N–C) groups is 1. The Labute approximate surface area is 135 Å². The summed E-state index contributed by atoms with van der Waals surface area (Å²) in [6.45, 7) is 0. The lowest BCUT2D eigenvalue weighted by molar-refractivity contribution is 0.643. The van der Waals surface area contributed by atoms with E-state index in [-0.39, 0.29) is 0 Å². The fourth-order valence-corrected chi connectivity index (χ4v) is 3.70. The Balaban J connectivity index is 2.01. The minimum absolute atomic E-state index is 0.631. The Kier molecular flexibility index (Phi) is 5.65. The zero-order chi connectivity index (χ0) is 14.5. The highest BCUT2D eigenvalue weighted by molar-refractivity contribution is 8.00. The number of thioether (sulfide) groups is 1. The van der Waals surface area contributed by atoms with Crippen LogP contribution in [0, 0.1) is 0 Å². The van der Waals surface area contributed by atoms with E-state index in [0.29, 0.717) is 20.9 Å². The van der Waals surface area contributed by atoms with E-state index in [9.17, 15) is 0 Å². The third kappa shape index (κ3) is 4.34. The lowest BCUT2D eigenvalue weighted by Crippen LogP contribution is -2.06. The van der Waals surface area contributed by atoms with E-state index in [0.717, 1.165) is 9.90 Å². The molecule has 1 aromatic heterocycles. The average molecular weight is 347 g/mol. The van der Waals surface area contributed by atoms with Gasteiger partial charge in [-0.3, -0.25) is 0 Å². The molecule has 0 atom stereocenters. The molecule has 2 aromatic rings. The van der Waals surface area contributed by atoms with E-state index in [1.807, 2.05) is 37.2 Å². The van der Waals surface area contributed by atoms with Crippen molar-refractivity contribution in [2.75, 3.05) is 14.1 Å². The molecule has 0 spiro atoms. The maximum Gasteiger partial charge on any atom is 0.233 e. The van der Waals surface area contributed by atoms with Gasteiger partial charge in [0.2, 0.25) is 5.13 Å². The van der Waals surface area contributed by atoms with Crippen LogP contribution in [0.5, 0.6) is 0 Å². The summed E-state index contributed by atoms with van der Waals surface area (Å²) in [5.41, 5.74) is 0.911. The van der Waals surface area contributed by atoms with Crippen molar-refractivity contribution in [3.63, 3.8) is 0 Å². The zero-order valence-corrected chi connectivity index (χ0v) is 14.0. The van der Waals surface area contributed by atoms with Gasteiger partial charge in [0.05, 0.1) is 6.34 Å². The molecule has 0 aliphatic rings. The van der Waals surface area contributed by atoms with Gasteiger partial charge in [-0.1, -0.05) is 52.4 Å². The molecular formula is C12H12Cl2N4S2. The van der Waals surface area contributed by atoms with Crippen molar-refractivity contribution in [3.8, 4) is 0 Å². The van der Waals surface area contributed by atoms with Crippen LogP contribution in [0.15, 0.2) is 27.5 Å². The van der Waals surface area contributed by atoms with Gasteiger partial charge >= 0.3 is 0 Å². The van der Waals surface area contributed by atoms with Crippen LogP contribution < -0.4 is 0 Å². The van der Waals surface area contributed by atoms with Crippen molar-refractivity contribution >= 4 is 57.8 Å². The van der Waals surface area contributed by atoms with Crippen LogP contribution in [0.3, 0.4) is 0 Å². The molecule has 0 fully saturated rings. The summed E-state index contributed by atoms with van der Waals surface area (Å²) >= 11 is 15.2. The number of hydrogen-bond acceptors (Lipinski definition) is 5. The normalized spacial score (nSPS) is 11.2. The molecule has 1 heterocycles. The number of aromatic nitrogens is 2. The van der Waals surface area contributed by atoms with E-state index in [1.54, 1.807) is 18.1 Å². The van der Waals surface area contributed by atoms with Gasteiger partial charge < -0.3 is 4.90 Å². The predicted molar refractivity (Wildman–Crippen MR) is 87.8 cm³/mol. The van der Waals surface area contributed by atoms with Gasteiger partial charge in [0.1, 0.15) is 0 Å². The van der Waals surface area contributed by atoms with Gasteiger partial charge in [-0.2, -0.15) is 0 Å². The van der Waals surface area contributed by atoms with Crippen LogP contribution in [0.2, 0.25) is 10.0 Å². The molecule has 0 aliphatic heterocycles. The molecule has 2 rings (SSSR count). The topological polar surface area (TPSA) is 41.4 Å². The first kappa shape index (κ1) is 15.6. The highest BCUT2D eigenvalue weighted by Gasteiger charge is 2.09. The van der Waals surface area contributed by atoms with Gasteiger partial charge in [-0.15, -0.1) is 10.2 Å². The minimum Gasteiger partial charge on any atom is -0.369 e. The second-order valence-electron chi connectivity index (χ2n) is 4.05. The fraction of sp³-hybridized carbons (Fsp3) is 0.250. The monoisotopic (exact) mass is 346 g/mol. The maximum atomic E-state index is 6.13. The summed E-state index contributed by atoms with van der Waals surface area (Å²) in [6, 6.07) is 5.49. The lowest BCUT2D eigenvalue weighted by Gasteiger charge is -2.04. The average Bonchev–Trinajstić information content (AvgIpc) is 2.84. The Morgan fingerprint density at radius 1 is 1.30 bits per heavy atom. The quantitative estimate of drug-likeness (QED) is 0.458. The summed E-state index contributed by atoms with van der Waals surface area (Å²) in [5.74, 6) is 0.657. The number of halogens is 2. The predicted octanol–water partition coefficient (Wildman–Crippen LogP) is 4.36. The van der Waals surface area contributed by atoms with Crippen molar-refractivity contribution in [1.29, 1.82) is 0 Å². The van der Waals surface area contributed by atoms with Crippen molar-refractivity contribution in [3.05, 3.63) is 33.8 Å². The van der Waals surface area contributed by atoms with E-state index < -0.39 is 0 Å². The molecule has 1 aromatic carbocycles.